The molecule has 1 amide bonds. The minimum Gasteiger partial charge on any atom is -0.486 e. The number of rotatable bonds is 4. The van der Waals surface area contributed by atoms with Gasteiger partial charge in [-0.3, -0.25) is 5.32 Å². The van der Waals surface area contributed by atoms with Crippen molar-refractivity contribution < 1.29 is 14.3 Å². The Morgan fingerprint density at radius 1 is 1.26 bits per heavy atom. The van der Waals surface area contributed by atoms with Crippen LogP contribution in [0.2, 0.25) is 5.02 Å². The fourth-order valence-corrected chi connectivity index (χ4v) is 3.14. The molecule has 0 aliphatic heterocycles. The number of carbonyl (C=O) groups is 1. The summed E-state index contributed by atoms with van der Waals surface area (Å²) in [6.07, 6.45) is -0.509. The maximum absolute atomic E-state index is 11.1. The highest BCUT2D eigenvalue weighted by molar-refractivity contribution is 7.19. The summed E-state index contributed by atoms with van der Waals surface area (Å²) in [4.78, 5) is 15.6. The number of carbonyl (C=O) groups excluding carboxylic acids is 1. The molecule has 0 radical (unpaired) electrons. The van der Waals surface area contributed by atoms with Crippen LogP contribution in [0.4, 0.5) is 10.5 Å². The molecule has 0 aliphatic rings. The highest BCUT2D eigenvalue weighted by atomic mass is 35.5. The van der Waals surface area contributed by atoms with Crippen molar-refractivity contribution in [1.29, 1.82) is 0 Å². The fourth-order valence-electron chi connectivity index (χ4n) is 1.97. The van der Waals surface area contributed by atoms with E-state index >= 15 is 0 Å². The number of hydrogen-bond acceptors (Lipinski definition) is 5. The van der Waals surface area contributed by atoms with E-state index in [1.165, 1.54) is 18.4 Å². The quantitative estimate of drug-likeness (QED) is 0.742. The molecular formula is C16H13ClN2O3S. The molecule has 5 nitrogen and oxygen atoms in total. The summed E-state index contributed by atoms with van der Waals surface area (Å²) in [5.74, 6) is 0.686. The van der Waals surface area contributed by atoms with Crippen molar-refractivity contribution >= 4 is 44.9 Å². The van der Waals surface area contributed by atoms with Gasteiger partial charge in [0, 0.05) is 5.69 Å². The van der Waals surface area contributed by atoms with E-state index in [1.807, 2.05) is 18.2 Å². The van der Waals surface area contributed by atoms with Crippen LogP contribution in [0.5, 0.6) is 5.75 Å². The molecule has 3 rings (SSSR count). The summed E-state index contributed by atoms with van der Waals surface area (Å²) < 4.78 is 11.2. The Bertz CT molecular complexity index is 833. The largest absolute Gasteiger partial charge is 0.486 e. The van der Waals surface area contributed by atoms with E-state index in [1.54, 1.807) is 24.3 Å². The second-order valence-corrected chi connectivity index (χ2v) is 6.12. The van der Waals surface area contributed by atoms with Crippen molar-refractivity contribution in [1.82, 2.24) is 4.98 Å². The summed E-state index contributed by atoms with van der Waals surface area (Å²) in [6, 6.07) is 12.7. The van der Waals surface area contributed by atoms with Gasteiger partial charge in [0.15, 0.2) is 0 Å². The number of fused-ring (bicyclic) bond motifs is 1. The number of hydrogen-bond donors (Lipinski definition) is 1. The molecular weight excluding hydrogens is 336 g/mol. The summed E-state index contributed by atoms with van der Waals surface area (Å²) >= 11 is 7.66. The van der Waals surface area contributed by atoms with E-state index in [-0.39, 0.29) is 0 Å². The van der Waals surface area contributed by atoms with Crippen molar-refractivity contribution in [3.05, 3.63) is 52.5 Å². The Balaban J connectivity index is 1.65. The van der Waals surface area contributed by atoms with Crippen LogP contribution in [0.15, 0.2) is 42.5 Å². The first-order valence-corrected chi connectivity index (χ1v) is 7.97. The van der Waals surface area contributed by atoms with Crippen LogP contribution < -0.4 is 10.1 Å². The van der Waals surface area contributed by atoms with Gasteiger partial charge in [0.05, 0.1) is 22.3 Å². The summed E-state index contributed by atoms with van der Waals surface area (Å²) in [5.41, 5.74) is 1.51. The second kappa shape index (κ2) is 6.85. The van der Waals surface area contributed by atoms with Crippen LogP contribution in [-0.4, -0.2) is 18.2 Å². The lowest BCUT2D eigenvalue weighted by atomic mass is 10.3. The lowest BCUT2D eigenvalue weighted by molar-refractivity contribution is 0.187. The van der Waals surface area contributed by atoms with E-state index in [4.69, 9.17) is 16.3 Å². The third-order valence-corrected chi connectivity index (χ3v) is 4.56. The minimum absolute atomic E-state index is 0.361. The number of nitrogens with zero attached hydrogens (tertiary/aromatic N) is 1. The van der Waals surface area contributed by atoms with Gasteiger partial charge in [-0.1, -0.05) is 17.7 Å². The normalized spacial score (nSPS) is 10.5. The van der Waals surface area contributed by atoms with E-state index in [0.717, 1.165) is 15.2 Å². The molecule has 1 heterocycles. The number of ether oxygens (including phenoxy) is 2. The molecule has 7 heteroatoms. The molecule has 0 saturated heterocycles. The predicted octanol–water partition coefficient (Wildman–Crippen LogP) is 4.71. The van der Waals surface area contributed by atoms with Gasteiger partial charge in [0.25, 0.3) is 0 Å². The van der Waals surface area contributed by atoms with E-state index in [2.05, 4.69) is 15.0 Å². The first-order valence-electron chi connectivity index (χ1n) is 6.77. The van der Waals surface area contributed by atoms with Gasteiger partial charge < -0.3 is 9.47 Å². The number of anilines is 1. The fraction of sp³-hybridized carbons (Fsp3) is 0.125. The van der Waals surface area contributed by atoms with E-state index in [0.29, 0.717) is 23.1 Å². The van der Waals surface area contributed by atoms with Crippen LogP contribution in [0.3, 0.4) is 0 Å². The van der Waals surface area contributed by atoms with Gasteiger partial charge in [-0.05, 0) is 36.4 Å². The van der Waals surface area contributed by atoms with Gasteiger partial charge in [0.1, 0.15) is 17.4 Å². The molecule has 0 saturated carbocycles. The number of benzene rings is 2. The third kappa shape index (κ3) is 3.72. The summed E-state index contributed by atoms with van der Waals surface area (Å²) in [5, 5.41) is 4.13. The zero-order valence-corrected chi connectivity index (χ0v) is 13.8. The zero-order valence-electron chi connectivity index (χ0n) is 12.2. The maximum Gasteiger partial charge on any atom is 0.411 e. The lowest BCUT2D eigenvalue weighted by Gasteiger charge is -2.06. The average Bonchev–Trinajstić information content (AvgIpc) is 2.99. The number of aromatic nitrogens is 1. The first kappa shape index (κ1) is 15.6. The Morgan fingerprint density at radius 3 is 2.74 bits per heavy atom. The van der Waals surface area contributed by atoms with Gasteiger partial charge >= 0.3 is 6.09 Å². The zero-order chi connectivity index (χ0) is 16.2. The number of methoxy groups -OCH3 is 1. The summed E-state index contributed by atoms with van der Waals surface area (Å²) in [6.45, 7) is 0.361. The molecule has 0 bridgehead atoms. The monoisotopic (exact) mass is 348 g/mol. The van der Waals surface area contributed by atoms with Gasteiger partial charge in [-0.25, -0.2) is 9.78 Å². The summed E-state index contributed by atoms with van der Waals surface area (Å²) in [7, 11) is 1.32. The SMILES string of the molecule is COC(=O)Nc1ccc(OCc2nc3cccc(Cl)c3s2)cc1. The topological polar surface area (TPSA) is 60.5 Å². The predicted molar refractivity (Wildman–Crippen MR) is 91.4 cm³/mol. The number of amides is 1. The molecule has 0 unspecified atom stereocenters. The average molecular weight is 349 g/mol. The molecule has 1 aromatic heterocycles. The number of halogens is 1. The minimum atomic E-state index is -0.509. The van der Waals surface area contributed by atoms with Crippen molar-refractivity contribution in [2.24, 2.45) is 0 Å². The highest BCUT2D eigenvalue weighted by Gasteiger charge is 2.07. The molecule has 118 valence electrons. The van der Waals surface area contributed by atoms with Crippen LogP contribution in [-0.2, 0) is 11.3 Å². The Morgan fingerprint density at radius 2 is 2.04 bits per heavy atom. The highest BCUT2D eigenvalue weighted by Crippen LogP contribution is 2.29. The number of thiazole rings is 1. The smallest absolute Gasteiger partial charge is 0.411 e. The molecule has 0 aliphatic carbocycles. The maximum atomic E-state index is 11.1. The third-order valence-electron chi connectivity index (χ3n) is 3.06. The molecule has 2 aromatic carbocycles. The molecule has 3 aromatic rings. The van der Waals surface area contributed by atoms with Gasteiger partial charge in [-0.2, -0.15) is 0 Å². The first-order chi connectivity index (χ1) is 11.2. The molecule has 1 N–H and O–H groups in total. The number of nitrogens with one attached hydrogen (secondary N) is 1. The Kier molecular flexibility index (Phi) is 4.64. The van der Waals surface area contributed by atoms with Crippen LogP contribution >= 0.6 is 22.9 Å². The molecule has 0 atom stereocenters. The Labute approximate surface area is 141 Å². The van der Waals surface area contributed by atoms with Gasteiger partial charge in [0.2, 0.25) is 0 Å². The lowest BCUT2D eigenvalue weighted by Crippen LogP contribution is -2.10. The molecule has 0 fully saturated rings. The molecule has 23 heavy (non-hydrogen) atoms. The second-order valence-electron chi connectivity index (χ2n) is 4.63. The van der Waals surface area contributed by atoms with Crippen LogP contribution in [0.1, 0.15) is 5.01 Å². The Hall–Kier alpha value is -2.31. The van der Waals surface area contributed by atoms with Crippen molar-refractivity contribution in [2.75, 3.05) is 12.4 Å². The van der Waals surface area contributed by atoms with Crippen LogP contribution in [0.25, 0.3) is 10.2 Å². The van der Waals surface area contributed by atoms with E-state index < -0.39 is 6.09 Å². The van der Waals surface area contributed by atoms with Crippen molar-refractivity contribution in [3.63, 3.8) is 0 Å². The van der Waals surface area contributed by atoms with Gasteiger partial charge in [-0.15, -0.1) is 11.3 Å². The van der Waals surface area contributed by atoms with Crippen LogP contribution in [0, 0.1) is 0 Å². The van der Waals surface area contributed by atoms with E-state index in [9.17, 15) is 4.79 Å². The molecule has 0 spiro atoms. The standard InChI is InChI=1S/C16H13ClN2O3S/c1-21-16(20)18-10-5-7-11(8-6-10)22-9-14-19-13-4-2-3-12(17)15(13)23-14/h2-8H,9H2,1H3,(H,18,20). The van der Waals surface area contributed by atoms with Crippen molar-refractivity contribution in [2.45, 2.75) is 6.61 Å². The van der Waals surface area contributed by atoms with Crippen molar-refractivity contribution in [3.8, 4) is 5.75 Å².